The van der Waals surface area contributed by atoms with Crippen LogP contribution in [-0.2, 0) is 19.5 Å². The zero-order valence-electron chi connectivity index (χ0n) is 12.1. The van der Waals surface area contributed by atoms with Gasteiger partial charge in [0.1, 0.15) is 0 Å². The van der Waals surface area contributed by atoms with Crippen molar-refractivity contribution in [1.82, 2.24) is 14.9 Å². The van der Waals surface area contributed by atoms with E-state index >= 15 is 0 Å². The lowest BCUT2D eigenvalue weighted by atomic mass is 10.0. The van der Waals surface area contributed by atoms with Crippen molar-refractivity contribution in [3.05, 3.63) is 52.3 Å². The fourth-order valence-corrected chi connectivity index (χ4v) is 2.75. The number of benzene rings is 1. The van der Waals surface area contributed by atoms with Crippen LogP contribution < -0.4 is 5.73 Å². The second kappa shape index (κ2) is 5.21. The fraction of sp³-hybridized carbons (Fsp3) is 0.375. The lowest BCUT2D eigenvalue weighted by molar-refractivity contribution is 0.242. The van der Waals surface area contributed by atoms with Gasteiger partial charge in [0.15, 0.2) is 0 Å². The number of nitrogens with two attached hydrogens (primary N) is 1. The quantitative estimate of drug-likeness (QED) is 0.907. The highest BCUT2D eigenvalue weighted by Gasteiger charge is 2.18. The number of fused-ring (bicyclic) bond motifs is 1. The number of aromatic nitrogens is 2. The van der Waals surface area contributed by atoms with Gasteiger partial charge in [-0.3, -0.25) is 4.90 Å². The summed E-state index contributed by atoms with van der Waals surface area (Å²) in [4.78, 5) is 10.9. The highest BCUT2D eigenvalue weighted by atomic mass is 15.1. The molecule has 1 aliphatic heterocycles. The summed E-state index contributed by atoms with van der Waals surface area (Å²) in [5.41, 5.74) is 12.1. The summed E-state index contributed by atoms with van der Waals surface area (Å²) in [5.74, 6) is 0.381. The maximum atomic E-state index is 5.64. The topological polar surface area (TPSA) is 55.0 Å². The van der Waals surface area contributed by atoms with Crippen molar-refractivity contribution in [2.45, 2.75) is 33.4 Å². The van der Waals surface area contributed by atoms with Crippen molar-refractivity contribution in [2.24, 2.45) is 0 Å². The highest BCUT2D eigenvalue weighted by molar-refractivity contribution is 5.33. The molecule has 1 aliphatic rings. The molecular weight excluding hydrogens is 248 g/mol. The van der Waals surface area contributed by atoms with Crippen molar-refractivity contribution in [3.63, 3.8) is 0 Å². The molecule has 0 atom stereocenters. The maximum Gasteiger partial charge on any atom is 0.220 e. The Morgan fingerprint density at radius 1 is 1.30 bits per heavy atom. The van der Waals surface area contributed by atoms with Crippen LogP contribution in [0.15, 0.2) is 24.4 Å². The van der Waals surface area contributed by atoms with Gasteiger partial charge in [-0.25, -0.2) is 9.97 Å². The van der Waals surface area contributed by atoms with Gasteiger partial charge in [0, 0.05) is 37.8 Å². The predicted octanol–water partition coefficient (Wildman–Crippen LogP) is 2.23. The van der Waals surface area contributed by atoms with Gasteiger partial charge >= 0.3 is 0 Å². The second-order valence-electron chi connectivity index (χ2n) is 5.52. The molecule has 0 fully saturated rings. The van der Waals surface area contributed by atoms with Crippen molar-refractivity contribution < 1.29 is 0 Å². The molecule has 4 heteroatoms. The molecule has 1 aromatic carbocycles. The predicted molar refractivity (Wildman–Crippen MR) is 80.2 cm³/mol. The summed E-state index contributed by atoms with van der Waals surface area (Å²) in [7, 11) is 0. The Morgan fingerprint density at radius 2 is 2.15 bits per heavy atom. The average molecular weight is 268 g/mol. The SMILES string of the molecule is Cc1cccc(CN2CCc3nc(N)ncc3C2)c1C. The van der Waals surface area contributed by atoms with Gasteiger partial charge in [0.25, 0.3) is 0 Å². The fourth-order valence-electron chi connectivity index (χ4n) is 2.75. The number of hydrogen-bond donors (Lipinski definition) is 1. The third-order valence-corrected chi connectivity index (χ3v) is 4.14. The number of rotatable bonds is 2. The van der Waals surface area contributed by atoms with Crippen LogP contribution in [0.4, 0.5) is 5.95 Å². The van der Waals surface area contributed by atoms with Gasteiger partial charge in [0.2, 0.25) is 5.95 Å². The van der Waals surface area contributed by atoms with Crippen LogP contribution in [0.2, 0.25) is 0 Å². The zero-order chi connectivity index (χ0) is 14.1. The zero-order valence-corrected chi connectivity index (χ0v) is 12.1. The Kier molecular flexibility index (Phi) is 3.40. The molecule has 104 valence electrons. The lowest BCUT2D eigenvalue weighted by Crippen LogP contribution is -2.31. The van der Waals surface area contributed by atoms with Crippen LogP contribution in [0.25, 0.3) is 0 Å². The van der Waals surface area contributed by atoms with Crippen molar-refractivity contribution in [2.75, 3.05) is 12.3 Å². The van der Waals surface area contributed by atoms with Crippen LogP contribution in [-0.4, -0.2) is 21.4 Å². The molecule has 2 N–H and O–H groups in total. The first kappa shape index (κ1) is 13.1. The van der Waals surface area contributed by atoms with E-state index in [0.717, 1.165) is 31.7 Å². The summed E-state index contributed by atoms with van der Waals surface area (Å²) in [6.45, 7) is 7.28. The third-order valence-electron chi connectivity index (χ3n) is 4.14. The van der Waals surface area contributed by atoms with Crippen LogP contribution in [0.1, 0.15) is 27.9 Å². The molecule has 2 heterocycles. The summed E-state index contributed by atoms with van der Waals surface area (Å²) < 4.78 is 0. The molecule has 1 aromatic heterocycles. The van der Waals surface area contributed by atoms with E-state index in [-0.39, 0.29) is 0 Å². The Bertz CT molecular complexity index is 636. The van der Waals surface area contributed by atoms with Gasteiger partial charge in [0.05, 0.1) is 5.69 Å². The number of anilines is 1. The average Bonchev–Trinajstić information content (AvgIpc) is 2.44. The molecule has 20 heavy (non-hydrogen) atoms. The Morgan fingerprint density at radius 3 is 3.00 bits per heavy atom. The molecule has 0 spiro atoms. The van der Waals surface area contributed by atoms with Gasteiger partial charge < -0.3 is 5.73 Å². The summed E-state index contributed by atoms with van der Waals surface area (Å²) >= 11 is 0. The molecular formula is C16H20N4. The molecule has 3 rings (SSSR count). The van der Waals surface area contributed by atoms with Gasteiger partial charge in [-0.05, 0) is 30.5 Å². The summed E-state index contributed by atoms with van der Waals surface area (Å²) in [5, 5.41) is 0. The van der Waals surface area contributed by atoms with E-state index < -0.39 is 0 Å². The molecule has 0 unspecified atom stereocenters. The minimum Gasteiger partial charge on any atom is -0.368 e. The summed E-state index contributed by atoms with van der Waals surface area (Å²) in [6, 6.07) is 6.53. The molecule has 0 saturated carbocycles. The Balaban J connectivity index is 1.77. The first-order valence-corrected chi connectivity index (χ1v) is 7.01. The monoisotopic (exact) mass is 268 g/mol. The molecule has 0 amide bonds. The number of nitrogens with zero attached hydrogens (tertiary/aromatic N) is 3. The first-order chi connectivity index (χ1) is 9.63. The molecule has 0 bridgehead atoms. The van der Waals surface area contributed by atoms with Gasteiger partial charge in [-0.1, -0.05) is 18.2 Å². The molecule has 2 aromatic rings. The van der Waals surface area contributed by atoms with E-state index in [1.54, 1.807) is 0 Å². The van der Waals surface area contributed by atoms with E-state index in [9.17, 15) is 0 Å². The summed E-state index contributed by atoms with van der Waals surface area (Å²) in [6.07, 6.45) is 2.82. The minimum absolute atomic E-state index is 0.381. The van der Waals surface area contributed by atoms with E-state index in [0.29, 0.717) is 5.95 Å². The number of hydrogen-bond acceptors (Lipinski definition) is 4. The van der Waals surface area contributed by atoms with Crippen molar-refractivity contribution in [3.8, 4) is 0 Å². The van der Waals surface area contributed by atoms with Crippen LogP contribution >= 0.6 is 0 Å². The lowest BCUT2D eigenvalue weighted by Gasteiger charge is -2.28. The van der Waals surface area contributed by atoms with Gasteiger partial charge in [-0.2, -0.15) is 0 Å². The normalized spacial score (nSPS) is 15.1. The molecule has 0 radical (unpaired) electrons. The van der Waals surface area contributed by atoms with Crippen LogP contribution in [0.3, 0.4) is 0 Å². The number of aryl methyl sites for hydroxylation is 1. The van der Waals surface area contributed by atoms with E-state index in [1.165, 1.54) is 22.3 Å². The largest absolute Gasteiger partial charge is 0.368 e. The Hall–Kier alpha value is -1.94. The van der Waals surface area contributed by atoms with E-state index in [2.05, 4.69) is 46.9 Å². The van der Waals surface area contributed by atoms with Crippen molar-refractivity contribution >= 4 is 5.95 Å². The smallest absolute Gasteiger partial charge is 0.220 e. The van der Waals surface area contributed by atoms with E-state index in [4.69, 9.17) is 5.73 Å². The number of nitrogen functional groups attached to an aromatic ring is 1. The highest BCUT2D eigenvalue weighted by Crippen LogP contribution is 2.21. The Labute approximate surface area is 119 Å². The standard InChI is InChI=1S/C16H20N4/c1-11-4-3-5-13(12(11)2)9-20-7-6-15-14(10-20)8-18-16(17)19-15/h3-5,8H,6-7,9-10H2,1-2H3,(H2,17,18,19). The maximum absolute atomic E-state index is 5.64. The molecule has 0 aliphatic carbocycles. The van der Waals surface area contributed by atoms with E-state index in [1.807, 2.05) is 6.20 Å². The van der Waals surface area contributed by atoms with Crippen molar-refractivity contribution in [1.29, 1.82) is 0 Å². The molecule has 4 nitrogen and oxygen atoms in total. The first-order valence-electron chi connectivity index (χ1n) is 7.01. The van der Waals surface area contributed by atoms with Crippen LogP contribution in [0, 0.1) is 13.8 Å². The third kappa shape index (κ3) is 2.51. The second-order valence-corrected chi connectivity index (χ2v) is 5.52. The van der Waals surface area contributed by atoms with Crippen LogP contribution in [0.5, 0.6) is 0 Å². The van der Waals surface area contributed by atoms with Gasteiger partial charge in [-0.15, -0.1) is 0 Å². The minimum atomic E-state index is 0.381. The molecule has 0 saturated heterocycles.